The van der Waals surface area contributed by atoms with Crippen LogP contribution in [0.3, 0.4) is 0 Å². The molecule has 0 amide bonds. The quantitative estimate of drug-likeness (QED) is 0.425. The molecule has 1 saturated carbocycles. The van der Waals surface area contributed by atoms with Crippen molar-refractivity contribution in [2.75, 3.05) is 5.32 Å². The average Bonchev–Trinajstić information content (AvgIpc) is 3.12. The molecule has 0 aliphatic heterocycles. The van der Waals surface area contributed by atoms with Crippen molar-refractivity contribution in [2.45, 2.75) is 64.9 Å². The molecule has 1 aliphatic rings. The highest BCUT2D eigenvalue weighted by Crippen LogP contribution is 2.33. The second-order valence-corrected chi connectivity index (χ2v) is 8.94. The Morgan fingerprint density at radius 2 is 2.00 bits per heavy atom. The van der Waals surface area contributed by atoms with Crippen molar-refractivity contribution in [2.24, 2.45) is 13.0 Å². The van der Waals surface area contributed by atoms with Crippen molar-refractivity contribution < 1.29 is 13.9 Å². The zero-order valence-corrected chi connectivity index (χ0v) is 19.0. The molecule has 0 unspecified atom stereocenters. The average molecular weight is 439 g/mol. The van der Waals surface area contributed by atoms with Crippen molar-refractivity contribution in [3.8, 4) is 5.75 Å². The van der Waals surface area contributed by atoms with Crippen LogP contribution in [-0.2, 0) is 7.05 Å². The van der Waals surface area contributed by atoms with Gasteiger partial charge in [0.1, 0.15) is 23.4 Å². The first-order valence-corrected chi connectivity index (χ1v) is 11.5. The van der Waals surface area contributed by atoms with Crippen LogP contribution in [0.5, 0.6) is 5.75 Å². The Balaban J connectivity index is 1.59. The van der Waals surface area contributed by atoms with Gasteiger partial charge in [0.05, 0.1) is 23.0 Å². The summed E-state index contributed by atoms with van der Waals surface area (Å²) in [4.78, 5) is 21.8. The first kappa shape index (κ1) is 22.2. The normalized spacial score (nSPS) is 14.8. The molecule has 0 bridgehead atoms. The molecule has 1 aromatic carbocycles. The zero-order valence-electron chi connectivity index (χ0n) is 19.0. The van der Waals surface area contributed by atoms with E-state index in [0.29, 0.717) is 40.8 Å². The summed E-state index contributed by atoms with van der Waals surface area (Å²) in [5.74, 6) is 1.38. The number of hydrogen-bond donors (Lipinski definition) is 1. The molecule has 0 saturated heterocycles. The minimum Gasteiger partial charge on any atom is -0.489 e. The number of aromatic nitrogens is 3. The molecule has 1 fully saturated rings. The number of anilines is 2. The summed E-state index contributed by atoms with van der Waals surface area (Å²) in [6.07, 6.45) is 9.21. The monoisotopic (exact) mass is 438 g/mol. The lowest BCUT2D eigenvalue weighted by molar-refractivity contribution is 0.0962. The van der Waals surface area contributed by atoms with E-state index in [1.54, 1.807) is 6.07 Å². The minimum absolute atomic E-state index is 0.105. The number of Topliss-reactive ketones (excluding diaryl/α,β-unsaturated/α-hetero) is 1. The molecule has 2 aromatic heterocycles. The highest BCUT2D eigenvalue weighted by Gasteiger charge is 2.20. The lowest BCUT2D eigenvalue weighted by Gasteiger charge is -2.20. The van der Waals surface area contributed by atoms with Crippen LogP contribution in [0.4, 0.5) is 15.9 Å². The number of carbonyl (C=O) groups excluding carboxylic acids is 1. The molecule has 6 nitrogen and oxygen atoms in total. The van der Waals surface area contributed by atoms with E-state index in [1.165, 1.54) is 50.6 Å². The van der Waals surface area contributed by atoms with Gasteiger partial charge in [-0.05, 0) is 44.4 Å². The van der Waals surface area contributed by atoms with Gasteiger partial charge in [-0.15, -0.1) is 0 Å². The molecule has 0 spiro atoms. The van der Waals surface area contributed by atoms with Gasteiger partial charge in [0.15, 0.2) is 11.6 Å². The van der Waals surface area contributed by atoms with Crippen LogP contribution in [0.1, 0.15) is 69.3 Å². The number of carbonyl (C=O) groups is 1. The number of fused-ring (bicyclic) bond motifs is 1. The second kappa shape index (κ2) is 9.67. The number of ether oxygens (including phenoxy) is 1. The summed E-state index contributed by atoms with van der Waals surface area (Å²) in [5.41, 5.74) is 2.66. The van der Waals surface area contributed by atoms with Gasteiger partial charge in [-0.2, -0.15) is 0 Å². The second-order valence-electron chi connectivity index (χ2n) is 8.94. The van der Waals surface area contributed by atoms with Crippen LogP contribution in [0.15, 0.2) is 30.6 Å². The predicted molar refractivity (Wildman–Crippen MR) is 124 cm³/mol. The fourth-order valence-electron chi connectivity index (χ4n) is 4.55. The third-order valence-electron chi connectivity index (χ3n) is 6.17. The van der Waals surface area contributed by atoms with E-state index in [1.807, 2.05) is 31.5 Å². The molecular weight excluding hydrogens is 407 g/mol. The van der Waals surface area contributed by atoms with E-state index in [2.05, 4.69) is 15.3 Å². The molecule has 7 heteroatoms. The van der Waals surface area contributed by atoms with Crippen molar-refractivity contribution in [1.82, 2.24) is 14.5 Å². The van der Waals surface area contributed by atoms with Crippen LogP contribution in [0, 0.1) is 11.7 Å². The lowest BCUT2D eigenvalue weighted by Crippen LogP contribution is -2.11. The molecule has 2 heterocycles. The number of benzene rings is 1. The van der Waals surface area contributed by atoms with Gasteiger partial charge in [0.25, 0.3) is 0 Å². The largest absolute Gasteiger partial charge is 0.489 e. The topological polar surface area (TPSA) is 69.0 Å². The molecule has 1 aliphatic carbocycles. The third kappa shape index (κ3) is 4.92. The molecule has 32 heavy (non-hydrogen) atoms. The summed E-state index contributed by atoms with van der Waals surface area (Å²) < 4.78 is 21.4. The fraction of sp³-hybridized carbons (Fsp3) is 0.480. The maximum absolute atomic E-state index is 13.8. The van der Waals surface area contributed by atoms with Gasteiger partial charge < -0.3 is 14.6 Å². The van der Waals surface area contributed by atoms with Gasteiger partial charge in [0.2, 0.25) is 0 Å². The van der Waals surface area contributed by atoms with Gasteiger partial charge in [-0.1, -0.05) is 32.1 Å². The molecular formula is C25H31FN4O2. The highest BCUT2D eigenvalue weighted by atomic mass is 19.1. The van der Waals surface area contributed by atoms with E-state index in [9.17, 15) is 9.18 Å². The van der Waals surface area contributed by atoms with Crippen molar-refractivity contribution in [1.29, 1.82) is 0 Å². The summed E-state index contributed by atoms with van der Waals surface area (Å²) in [5, 5.41) is 3.25. The number of ketones is 1. The Morgan fingerprint density at radius 3 is 2.75 bits per heavy atom. The van der Waals surface area contributed by atoms with Gasteiger partial charge >= 0.3 is 0 Å². The van der Waals surface area contributed by atoms with Gasteiger partial charge in [0, 0.05) is 19.5 Å². The van der Waals surface area contributed by atoms with E-state index in [4.69, 9.17) is 4.74 Å². The maximum atomic E-state index is 13.8. The maximum Gasteiger partial charge on any atom is 0.179 e. The summed E-state index contributed by atoms with van der Waals surface area (Å²) >= 11 is 0. The Labute approximate surface area is 188 Å². The molecule has 3 aromatic rings. The minimum atomic E-state index is -0.372. The summed E-state index contributed by atoms with van der Waals surface area (Å²) in [6, 6.07) is 6.19. The van der Waals surface area contributed by atoms with Crippen molar-refractivity contribution >= 4 is 28.3 Å². The smallest absolute Gasteiger partial charge is 0.179 e. The molecule has 0 atom stereocenters. The summed E-state index contributed by atoms with van der Waals surface area (Å²) in [6.45, 7) is 3.78. The zero-order chi connectivity index (χ0) is 22.7. The standard InChI is InChI=1S/C25H31FN4O2/c1-16(2)32-23-13-18(26)10-11-19(23)29-25-24-20(27-15-28-25)14-21(30(24)3)22(31)12-9-17-7-5-4-6-8-17/h10-11,13-17H,4-9,12H2,1-3H3,(H,27,28,29). The molecule has 4 rings (SSSR count). The van der Waals surface area contributed by atoms with E-state index in [0.717, 1.165) is 11.9 Å². The third-order valence-corrected chi connectivity index (χ3v) is 6.17. The number of nitrogens with zero attached hydrogens (tertiary/aromatic N) is 3. The first-order valence-electron chi connectivity index (χ1n) is 11.5. The number of halogens is 1. The van der Waals surface area contributed by atoms with Crippen molar-refractivity contribution in [3.63, 3.8) is 0 Å². The number of hydrogen-bond acceptors (Lipinski definition) is 5. The van der Waals surface area contributed by atoms with E-state index < -0.39 is 0 Å². The fourth-order valence-corrected chi connectivity index (χ4v) is 4.55. The van der Waals surface area contributed by atoms with Crippen molar-refractivity contribution in [3.05, 3.63) is 42.1 Å². The Kier molecular flexibility index (Phi) is 6.72. The van der Waals surface area contributed by atoms with Crippen LogP contribution in [-0.4, -0.2) is 26.4 Å². The van der Waals surface area contributed by atoms with E-state index in [-0.39, 0.29) is 17.7 Å². The SMILES string of the molecule is CC(C)Oc1cc(F)ccc1Nc1ncnc2cc(C(=O)CCC3CCCCC3)n(C)c12. The van der Waals surface area contributed by atoms with E-state index >= 15 is 0 Å². The van der Waals surface area contributed by atoms with Crippen LogP contribution < -0.4 is 10.1 Å². The number of rotatable bonds is 8. The Morgan fingerprint density at radius 1 is 1.22 bits per heavy atom. The molecule has 170 valence electrons. The van der Waals surface area contributed by atoms with Crippen LogP contribution in [0.25, 0.3) is 11.0 Å². The summed E-state index contributed by atoms with van der Waals surface area (Å²) in [7, 11) is 1.86. The van der Waals surface area contributed by atoms with Crippen LogP contribution in [0.2, 0.25) is 0 Å². The molecule has 0 radical (unpaired) electrons. The number of nitrogens with one attached hydrogen (secondary N) is 1. The van der Waals surface area contributed by atoms with Crippen LogP contribution >= 0.6 is 0 Å². The lowest BCUT2D eigenvalue weighted by atomic mass is 9.85. The Hall–Kier alpha value is -2.96. The highest BCUT2D eigenvalue weighted by molar-refractivity contribution is 6.01. The Bertz CT molecular complexity index is 1100. The first-order chi connectivity index (χ1) is 15.4. The van der Waals surface area contributed by atoms with Gasteiger partial charge in [-0.25, -0.2) is 14.4 Å². The predicted octanol–water partition coefficient (Wildman–Crippen LogP) is 6.18. The molecule has 1 N–H and O–H groups in total. The number of aryl methyl sites for hydroxylation is 1. The van der Waals surface area contributed by atoms with Gasteiger partial charge in [-0.3, -0.25) is 4.79 Å².